The van der Waals surface area contributed by atoms with Crippen LogP contribution in [0.2, 0.25) is 0 Å². The number of para-hydroxylation sites is 1. The maximum absolute atomic E-state index is 12.3. The molecule has 138 valence electrons. The molecule has 0 aliphatic carbocycles. The highest BCUT2D eigenvalue weighted by Gasteiger charge is 2.19. The minimum atomic E-state index is -3.54. The van der Waals surface area contributed by atoms with E-state index in [0.29, 0.717) is 11.4 Å². The van der Waals surface area contributed by atoms with Crippen molar-refractivity contribution in [3.63, 3.8) is 0 Å². The van der Waals surface area contributed by atoms with E-state index in [2.05, 4.69) is 33.1 Å². The lowest BCUT2D eigenvalue weighted by Crippen LogP contribution is -2.27. The highest BCUT2D eigenvalue weighted by Crippen LogP contribution is 2.21. The second kappa shape index (κ2) is 8.98. The average molecular weight is 438 g/mol. The first kappa shape index (κ1) is 20.2. The Morgan fingerprint density at radius 2 is 1.85 bits per heavy atom. The Morgan fingerprint density at radius 1 is 1.19 bits per heavy atom. The molecule has 0 fully saturated rings. The number of sulfonamides is 1. The van der Waals surface area contributed by atoms with Gasteiger partial charge >= 0.3 is 0 Å². The standard InChI is InChI=1S/C18H20BrN3O3S/c1-3-12-22(2)26(24,25)15-10-8-14(9-11-15)20-13-18(23)21-17-7-5-4-6-16(17)19/h3-11,20H,1,12-13H2,2H3,(H,21,23). The summed E-state index contributed by atoms with van der Waals surface area (Å²) in [6, 6.07) is 13.6. The summed E-state index contributed by atoms with van der Waals surface area (Å²) in [6.45, 7) is 3.83. The van der Waals surface area contributed by atoms with Crippen molar-refractivity contribution in [1.29, 1.82) is 0 Å². The molecular weight excluding hydrogens is 418 g/mol. The molecule has 8 heteroatoms. The largest absolute Gasteiger partial charge is 0.376 e. The zero-order chi connectivity index (χ0) is 19.2. The molecule has 0 spiro atoms. The predicted octanol–water partition coefficient (Wildman–Crippen LogP) is 3.31. The molecule has 0 aliphatic rings. The highest BCUT2D eigenvalue weighted by atomic mass is 79.9. The van der Waals surface area contributed by atoms with Gasteiger partial charge in [-0.25, -0.2) is 8.42 Å². The van der Waals surface area contributed by atoms with Crippen LogP contribution in [0, 0.1) is 0 Å². The van der Waals surface area contributed by atoms with Gasteiger partial charge in [-0.2, -0.15) is 4.31 Å². The number of benzene rings is 2. The van der Waals surface area contributed by atoms with Gasteiger partial charge in [-0.1, -0.05) is 18.2 Å². The summed E-state index contributed by atoms with van der Waals surface area (Å²) < 4.78 is 26.7. The van der Waals surface area contributed by atoms with Crippen LogP contribution in [0.5, 0.6) is 0 Å². The van der Waals surface area contributed by atoms with Crippen molar-refractivity contribution in [2.75, 3.05) is 30.8 Å². The van der Waals surface area contributed by atoms with Crippen molar-refractivity contribution in [3.05, 3.63) is 65.7 Å². The lowest BCUT2D eigenvalue weighted by Gasteiger charge is -2.15. The molecule has 0 radical (unpaired) electrons. The van der Waals surface area contributed by atoms with E-state index in [0.717, 1.165) is 4.47 Å². The van der Waals surface area contributed by atoms with Crippen LogP contribution in [0.3, 0.4) is 0 Å². The van der Waals surface area contributed by atoms with Gasteiger partial charge < -0.3 is 10.6 Å². The molecule has 26 heavy (non-hydrogen) atoms. The van der Waals surface area contributed by atoms with Crippen molar-refractivity contribution in [2.45, 2.75) is 4.90 Å². The van der Waals surface area contributed by atoms with E-state index >= 15 is 0 Å². The maximum atomic E-state index is 12.3. The molecule has 0 saturated carbocycles. The molecule has 2 aromatic rings. The zero-order valence-corrected chi connectivity index (χ0v) is 16.7. The number of hydrogen-bond donors (Lipinski definition) is 2. The SMILES string of the molecule is C=CCN(C)S(=O)(=O)c1ccc(NCC(=O)Nc2ccccc2Br)cc1. The van der Waals surface area contributed by atoms with Crippen LogP contribution in [-0.4, -0.2) is 38.8 Å². The molecule has 1 amide bonds. The second-order valence-corrected chi connectivity index (χ2v) is 8.38. The van der Waals surface area contributed by atoms with Crippen LogP contribution in [0.25, 0.3) is 0 Å². The molecule has 0 atom stereocenters. The van der Waals surface area contributed by atoms with Crippen LogP contribution in [0.15, 0.2) is 70.6 Å². The number of amides is 1. The first-order valence-corrected chi connectivity index (χ1v) is 10.0. The Labute approximate surface area is 162 Å². The molecule has 0 unspecified atom stereocenters. The van der Waals surface area contributed by atoms with Gasteiger partial charge in [0.05, 0.1) is 17.1 Å². The number of carbonyl (C=O) groups is 1. The quantitative estimate of drug-likeness (QED) is 0.620. The Hall–Kier alpha value is -2.16. The highest BCUT2D eigenvalue weighted by molar-refractivity contribution is 9.10. The van der Waals surface area contributed by atoms with Gasteiger partial charge in [0.1, 0.15) is 0 Å². The van der Waals surface area contributed by atoms with Crippen LogP contribution >= 0.6 is 15.9 Å². The third-order valence-electron chi connectivity index (χ3n) is 3.55. The number of nitrogens with one attached hydrogen (secondary N) is 2. The van der Waals surface area contributed by atoms with Crippen molar-refractivity contribution in [2.24, 2.45) is 0 Å². The Morgan fingerprint density at radius 3 is 2.46 bits per heavy atom. The number of carbonyl (C=O) groups excluding carboxylic acids is 1. The number of hydrogen-bond acceptors (Lipinski definition) is 4. The maximum Gasteiger partial charge on any atom is 0.243 e. The number of halogens is 1. The van der Waals surface area contributed by atoms with Crippen LogP contribution < -0.4 is 10.6 Å². The zero-order valence-electron chi connectivity index (χ0n) is 14.3. The van der Waals surface area contributed by atoms with E-state index in [1.807, 2.05) is 18.2 Å². The van der Waals surface area contributed by atoms with Crippen LogP contribution in [0.1, 0.15) is 0 Å². The number of likely N-dealkylation sites (N-methyl/N-ethyl adjacent to an activating group) is 1. The molecule has 0 bridgehead atoms. The second-order valence-electron chi connectivity index (χ2n) is 5.48. The van der Waals surface area contributed by atoms with Gasteiger partial charge in [0.2, 0.25) is 15.9 Å². The molecule has 0 aliphatic heterocycles. The summed E-state index contributed by atoms with van der Waals surface area (Å²) >= 11 is 3.37. The van der Waals surface area contributed by atoms with E-state index in [4.69, 9.17) is 0 Å². The van der Waals surface area contributed by atoms with E-state index < -0.39 is 10.0 Å². The number of anilines is 2. The van der Waals surface area contributed by atoms with E-state index in [9.17, 15) is 13.2 Å². The monoisotopic (exact) mass is 437 g/mol. The molecule has 2 N–H and O–H groups in total. The first-order chi connectivity index (χ1) is 12.3. The summed E-state index contributed by atoms with van der Waals surface area (Å²) in [5.41, 5.74) is 1.34. The molecule has 0 aromatic heterocycles. The third-order valence-corrected chi connectivity index (χ3v) is 6.08. The molecule has 6 nitrogen and oxygen atoms in total. The summed E-state index contributed by atoms with van der Waals surface area (Å²) in [5, 5.41) is 5.75. The van der Waals surface area contributed by atoms with E-state index in [1.165, 1.54) is 29.6 Å². The summed E-state index contributed by atoms with van der Waals surface area (Å²) in [6.07, 6.45) is 1.52. The fraction of sp³-hybridized carbons (Fsp3) is 0.167. The summed E-state index contributed by atoms with van der Waals surface area (Å²) in [7, 11) is -2.05. The Kier molecular flexibility index (Phi) is 6.96. The normalized spacial score (nSPS) is 11.2. The molecular formula is C18H20BrN3O3S. The fourth-order valence-corrected chi connectivity index (χ4v) is 3.67. The van der Waals surface area contributed by atoms with Gasteiger partial charge in [0.25, 0.3) is 0 Å². The van der Waals surface area contributed by atoms with Gasteiger partial charge in [-0.3, -0.25) is 4.79 Å². The van der Waals surface area contributed by atoms with E-state index in [-0.39, 0.29) is 23.9 Å². The van der Waals surface area contributed by atoms with Crippen molar-refractivity contribution >= 4 is 43.2 Å². The minimum absolute atomic E-state index is 0.0593. The molecule has 0 heterocycles. The van der Waals surface area contributed by atoms with Gasteiger partial charge in [0, 0.05) is 23.8 Å². The minimum Gasteiger partial charge on any atom is -0.376 e. The topological polar surface area (TPSA) is 78.5 Å². The lowest BCUT2D eigenvalue weighted by molar-refractivity contribution is -0.114. The van der Waals surface area contributed by atoms with Gasteiger partial charge in [-0.05, 0) is 52.3 Å². The van der Waals surface area contributed by atoms with Crippen molar-refractivity contribution in [1.82, 2.24) is 4.31 Å². The Balaban J connectivity index is 1.96. The first-order valence-electron chi connectivity index (χ1n) is 7.80. The predicted molar refractivity (Wildman–Crippen MR) is 108 cm³/mol. The van der Waals surface area contributed by atoms with Gasteiger partial charge in [0.15, 0.2) is 0 Å². The van der Waals surface area contributed by atoms with Crippen LogP contribution in [0.4, 0.5) is 11.4 Å². The van der Waals surface area contributed by atoms with Crippen LogP contribution in [-0.2, 0) is 14.8 Å². The molecule has 2 rings (SSSR count). The summed E-state index contributed by atoms with van der Waals surface area (Å²) in [4.78, 5) is 12.2. The molecule has 2 aromatic carbocycles. The average Bonchev–Trinajstić information content (AvgIpc) is 2.62. The third kappa shape index (κ3) is 5.17. The van der Waals surface area contributed by atoms with Crippen molar-refractivity contribution in [3.8, 4) is 0 Å². The smallest absolute Gasteiger partial charge is 0.243 e. The van der Waals surface area contributed by atoms with Crippen molar-refractivity contribution < 1.29 is 13.2 Å². The Bertz CT molecular complexity index is 883. The fourth-order valence-electron chi connectivity index (χ4n) is 2.14. The number of nitrogens with zero attached hydrogens (tertiary/aromatic N) is 1. The summed E-state index contributed by atoms with van der Waals surface area (Å²) in [5.74, 6) is -0.209. The lowest BCUT2D eigenvalue weighted by atomic mass is 10.3. The van der Waals surface area contributed by atoms with Gasteiger partial charge in [-0.15, -0.1) is 6.58 Å². The number of rotatable bonds is 8. The molecule has 0 saturated heterocycles. The van der Waals surface area contributed by atoms with E-state index in [1.54, 1.807) is 18.2 Å².